The van der Waals surface area contributed by atoms with Crippen molar-refractivity contribution in [2.75, 3.05) is 39.4 Å². The molecule has 0 radical (unpaired) electrons. The first-order chi connectivity index (χ1) is 18.3. The fourth-order valence-electron chi connectivity index (χ4n) is 5.57. The number of rotatable bonds is 7. The minimum absolute atomic E-state index is 0.0312. The first kappa shape index (κ1) is 26.5. The van der Waals surface area contributed by atoms with Crippen LogP contribution in [0.15, 0.2) is 35.4 Å². The molecule has 8 nitrogen and oxygen atoms in total. The van der Waals surface area contributed by atoms with Gasteiger partial charge in [0.15, 0.2) is 0 Å². The minimum Gasteiger partial charge on any atom is -0.389 e. The Balaban J connectivity index is 1.36. The third kappa shape index (κ3) is 5.36. The summed E-state index contributed by atoms with van der Waals surface area (Å²) in [4.78, 5) is 32.8. The molecule has 0 bridgehead atoms. The number of aromatic nitrogens is 2. The van der Waals surface area contributed by atoms with E-state index in [1.807, 2.05) is 19.9 Å². The predicted octanol–water partition coefficient (Wildman–Crippen LogP) is 2.89. The van der Waals surface area contributed by atoms with Crippen LogP contribution in [0.4, 0.5) is 4.39 Å². The van der Waals surface area contributed by atoms with Gasteiger partial charge in [0.25, 0.3) is 11.5 Å². The van der Waals surface area contributed by atoms with Crippen LogP contribution in [0.5, 0.6) is 0 Å². The number of carbonyl (C=O) groups is 1. The van der Waals surface area contributed by atoms with Crippen LogP contribution < -0.4 is 10.9 Å². The van der Waals surface area contributed by atoms with Gasteiger partial charge in [-0.25, -0.2) is 9.37 Å². The molecule has 0 unspecified atom stereocenters. The smallest absolute Gasteiger partial charge is 0.261 e. The van der Waals surface area contributed by atoms with Gasteiger partial charge in [-0.2, -0.15) is 0 Å². The van der Waals surface area contributed by atoms with E-state index in [4.69, 9.17) is 4.74 Å². The molecule has 2 fully saturated rings. The maximum atomic E-state index is 15.0. The second-order valence-electron chi connectivity index (χ2n) is 10.4. The van der Waals surface area contributed by atoms with Gasteiger partial charge < -0.3 is 20.1 Å². The van der Waals surface area contributed by atoms with E-state index in [-0.39, 0.29) is 23.8 Å². The number of aliphatic hydroxyl groups excluding tert-OH is 1. The minimum atomic E-state index is -0.773. The Morgan fingerprint density at radius 2 is 2.00 bits per heavy atom. The molecule has 3 heterocycles. The van der Waals surface area contributed by atoms with Crippen molar-refractivity contribution in [2.24, 2.45) is 0 Å². The zero-order chi connectivity index (χ0) is 26.8. The number of ether oxygens (including phenoxy) is 1. The van der Waals surface area contributed by atoms with Crippen molar-refractivity contribution in [3.8, 4) is 0 Å². The molecule has 38 heavy (non-hydrogen) atoms. The lowest BCUT2D eigenvalue weighted by Crippen LogP contribution is -2.39. The Morgan fingerprint density at radius 3 is 2.74 bits per heavy atom. The van der Waals surface area contributed by atoms with E-state index in [1.165, 1.54) is 35.9 Å². The average molecular weight is 523 g/mol. The van der Waals surface area contributed by atoms with E-state index in [0.29, 0.717) is 42.5 Å². The second kappa shape index (κ2) is 11.3. The van der Waals surface area contributed by atoms with Crippen LogP contribution in [0, 0.1) is 19.7 Å². The molecule has 1 aromatic heterocycles. The lowest BCUT2D eigenvalue weighted by atomic mass is 9.94. The van der Waals surface area contributed by atoms with E-state index in [9.17, 15) is 19.1 Å². The summed E-state index contributed by atoms with van der Waals surface area (Å²) in [5.41, 5.74) is 3.92. The normalized spacial score (nSPS) is 20.2. The fourth-order valence-corrected chi connectivity index (χ4v) is 5.57. The monoisotopic (exact) mass is 522 g/mol. The number of hydrogen-bond donors (Lipinski definition) is 2. The van der Waals surface area contributed by atoms with E-state index in [2.05, 4.69) is 15.2 Å². The highest BCUT2D eigenvalue weighted by atomic mass is 19.1. The first-order valence-corrected chi connectivity index (χ1v) is 13.4. The zero-order valence-electron chi connectivity index (χ0n) is 22.0. The zero-order valence-corrected chi connectivity index (χ0v) is 22.0. The van der Waals surface area contributed by atoms with Crippen LogP contribution in [-0.4, -0.2) is 71.0 Å². The van der Waals surface area contributed by atoms with Crippen molar-refractivity contribution in [1.82, 2.24) is 19.8 Å². The summed E-state index contributed by atoms with van der Waals surface area (Å²) >= 11 is 0. The van der Waals surface area contributed by atoms with Crippen LogP contribution >= 0.6 is 0 Å². The summed E-state index contributed by atoms with van der Waals surface area (Å²) in [6, 6.07) is 6.12. The van der Waals surface area contributed by atoms with Gasteiger partial charge in [-0.05, 0) is 93.1 Å². The Labute approximate surface area is 221 Å². The van der Waals surface area contributed by atoms with E-state index < -0.39 is 17.8 Å². The third-order valence-electron chi connectivity index (χ3n) is 7.98. The van der Waals surface area contributed by atoms with Gasteiger partial charge >= 0.3 is 0 Å². The largest absolute Gasteiger partial charge is 0.389 e. The molecule has 1 amide bonds. The number of hydrogen-bond acceptors (Lipinski definition) is 6. The highest BCUT2D eigenvalue weighted by Crippen LogP contribution is 2.26. The number of benzene rings is 2. The number of likely N-dealkylation sites (tertiary alicyclic amines) is 1. The highest BCUT2D eigenvalue weighted by Gasteiger charge is 2.27. The molecule has 2 aromatic carbocycles. The van der Waals surface area contributed by atoms with Crippen LogP contribution in [0.2, 0.25) is 0 Å². The average Bonchev–Trinajstić information content (AvgIpc) is 3.42. The van der Waals surface area contributed by atoms with Crippen molar-refractivity contribution < 1.29 is 19.0 Å². The molecule has 9 heteroatoms. The van der Waals surface area contributed by atoms with Crippen molar-refractivity contribution in [3.05, 3.63) is 74.6 Å². The molecule has 2 atom stereocenters. The van der Waals surface area contributed by atoms with E-state index >= 15 is 0 Å². The third-order valence-corrected chi connectivity index (χ3v) is 7.98. The fraction of sp³-hybridized carbons (Fsp3) is 0.483. The van der Waals surface area contributed by atoms with Crippen LogP contribution in [0.1, 0.15) is 57.9 Å². The summed E-state index contributed by atoms with van der Waals surface area (Å²) in [6.45, 7) is 7.92. The Kier molecular flexibility index (Phi) is 7.88. The number of aliphatic hydroxyl groups is 1. The van der Waals surface area contributed by atoms with Gasteiger partial charge in [0.1, 0.15) is 5.82 Å². The van der Waals surface area contributed by atoms with Crippen LogP contribution in [-0.2, 0) is 11.2 Å². The summed E-state index contributed by atoms with van der Waals surface area (Å²) in [7, 11) is 0. The number of nitrogens with one attached hydrogen (secondary N) is 1. The topological polar surface area (TPSA) is 96.7 Å². The SMILES string of the molecule is Cc1c(Cc2ccc(C(=O)NCCN3CCCC3)c(F)c2)cc2c(=O)n([C@H]3CCOC[C@@H]3O)cnc2c1C. The molecular weight excluding hydrogens is 487 g/mol. The molecule has 2 aliphatic heterocycles. The van der Waals surface area contributed by atoms with Gasteiger partial charge in [0.2, 0.25) is 0 Å². The number of halogens is 1. The van der Waals surface area contributed by atoms with Gasteiger partial charge in [0.05, 0.1) is 41.5 Å². The Bertz CT molecular complexity index is 1400. The Hall–Kier alpha value is -3.14. The molecule has 0 spiro atoms. The summed E-state index contributed by atoms with van der Waals surface area (Å²) in [5.74, 6) is -0.971. The van der Waals surface area contributed by atoms with E-state index in [0.717, 1.165) is 36.3 Å². The number of nitrogens with zero attached hydrogens (tertiary/aromatic N) is 3. The first-order valence-electron chi connectivity index (χ1n) is 13.4. The second-order valence-corrected chi connectivity index (χ2v) is 10.4. The maximum absolute atomic E-state index is 15.0. The van der Waals surface area contributed by atoms with Gasteiger partial charge in [-0.3, -0.25) is 14.2 Å². The standard InChI is InChI=1S/C29H35FN4O4/c1-18-19(2)27-23(29(37)34(17-32-27)25-7-12-38-16-26(25)35)15-21(18)13-20-5-6-22(24(30)14-20)28(36)31-8-11-33-9-3-4-10-33/h5-6,14-15,17,25-26,35H,3-4,7-13,16H2,1-2H3,(H,31,36)/t25-,26-/m0/s1. The lowest BCUT2D eigenvalue weighted by molar-refractivity contribution is -0.0395. The molecule has 2 N–H and O–H groups in total. The quantitative estimate of drug-likeness (QED) is 0.496. The molecule has 2 saturated heterocycles. The Morgan fingerprint density at radius 1 is 1.21 bits per heavy atom. The number of amides is 1. The van der Waals surface area contributed by atoms with Crippen molar-refractivity contribution in [3.63, 3.8) is 0 Å². The van der Waals surface area contributed by atoms with E-state index in [1.54, 1.807) is 6.07 Å². The predicted molar refractivity (Wildman–Crippen MR) is 143 cm³/mol. The van der Waals surface area contributed by atoms with Gasteiger partial charge in [0, 0.05) is 19.7 Å². The summed E-state index contributed by atoms with van der Waals surface area (Å²) in [5, 5.41) is 13.7. The molecule has 0 aliphatic carbocycles. The molecule has 2 aliphatic rings. The van der Waals surface area contributed by atoms with Gasteiger partial charge in [-0.1, -0.05) is 6.07 Å². The van der Waals surface area contributed by atoms with Crippen molar-refractivity contribution in [1.29, 1.82) is 0 Å². The van der Waals surface area contributed by atoms with Gasteiger partial charge in [-0.15, -0.1) is 0 Å². The number of aryl methyl sites for hydroxylation is 1. The van der Waals surface area contributed by atoms with Crippen molar-refractivity contribution in [2.45, 2.75) is 51.7 Å². The van der Waals surface area contributed by atoms with Crippen LogP contribution in [0.3, 0.4) is 0 Å². The maximum Gasteiger partial charge on any atom is 0.261 e. The lowest BCUT2D eigenvalue weighted by Gasteiger charge is -2.29. The molecule has 202 valence electrons. The molecule has 3 aromatic rings. The summed E-state index contributed by atoms with van der Waals surface area (Å²) < 4.78 is 21.8. The van der Waals surface area contributed by atoms with Crippen molar-refractivity contribution >= 4 is 16.8 Å². The number of fused-ring (bicyclic) bond motifs is 1. The highest BCUT2D eigenvalue weighted by molar-refractivity contribution is 5.94. The molecular formula is C29H35FN4O4. The van der Waals surface area contributed by atoms with Crippen LogP contribution in [0.25, 0.3) is 10.9 Å². The number of carbonyl (C=O) groups excluding carboxylic acids is 1. The molecule has 0 saturated carbocycles. The summed E-state index contributed by atoms with van der Waals surface area (Å²) in [6.07, 6.45) is 4.05. The molecule has 5 rings (SSSR count).